The van der Waals surface area contributed by atoms with Crippen molar-refractivity contribution < 1.29 is 4.74 Å². The molecule has 0 atom stereocenters. The smallest absolute Gasteiger partial charge is 0.225 e. The van der Waals surface area contributed by atoms with Gasteiger partial charge >= 0.3 is 0 Å². The lowest BCUT2D eigenvalue weighted by Crippen LogP contribution is -2.25. The molecule has 15 heavy (non-hydrogen) atoms. The van der Waals surface area contributed by atoms with Crippen LogP contribution in [0.3, 0.4) is 0 Å². The Morgan fingerprint density at radius 1 is 1.47 bits per heavy atom. The van der Waals surface area contributed by atoms with E-state index in [9.17, 15) is 0 Å². The van der Waals surface area contributed by atoms with Crippen LogP contribution < -0.4 is 10.6 Å². The van der Waals surface area contributed by atoms with Crippen LogP contribution in [0.2, 0.25) is 0 Å². The van der Waals surface area contributed by atoms with Gasteiger partial charge in [-0.25, -0.2) is 9.97 Å². The van der Waals surface area contributed by atoms with Crippen LogP contribution in [0.5, 0.6) is 0 Å². The molecule has 0 radical (unpaired) electrons. The average Bonchev–Trinajstić information content (AvgIpc) is 2.24. The Hall–Kier alpha value is -1.20. The minimum atomic E-state index is 0.439. The molecular formula is C10H18N4O. The molecular weight excluding hydrogens is 192 g/mol. The predicted octanol–water partition coefficient (Wildman–Crippen LogP) is 0.326. The van der Waals surface area contributed by atoms with Crippen molar-refractivity contribution in [2.45, 2.75) is 13.5 Å². The highest BCUT2D eigenvalue weighted by Crippen LogP contribution is 2.07. The molecule has 5 nitrogen and oxygen atoms in total. The first-order valence-corrected chi connectivity index (χ1v) is 4.92. The Balaban J connectivity index is 2.78. The van der Waals surface area contributed by atoms with Crippen molar-refractivity contribution in [3.63, 3.8) is 0 Å². The van der Waals surface area contributed by atoms with Gasteiger partial charge in [-0.15, -0.1) is 0 Å². The van der Waals surface area contributed by atoms with Crippen molar-refractivity contribution in [3.8, 4) is 0 Å². The Morgan fingerprint density at radius 3 is 2.80 bits per heavy atom. The zero-order valence-corrected chi connectivity index (χ0v) is 9.53. The summed E-state index contributed by atoms with van der Waals surface area (Å²) >= 11 is 0. The van der Waals surface area contributed by atoms with Gasteiger partial charge in [0.2, 0.25) is 5.95 Å². The molecule has 0 amide bonds. The van der Waals surface area contributed by atoms with Crippen LogP contribution in [0, 0.1) is 6.92 Å². The van der Waals surface area contributed by atoms with Crippen molar-refractivity contribution in [1.82, 2.24) is 9.97 Å². The number of nitrogens with two attached hydrogens (primary N) is 1. The molecule has 0 aliphatic rings. The summed E-state index contributed by atoms with van der Waals surface area (Å²) in [5.74, 6) is 0.701. The molecule has 0 aromatic carbocycles. The SMILES string of the molecule is COCCN(C)c1nc(C)cc(CN)n1. The fourth-order valence-electron chi connectivity index (χ4n) is 1.22. The maximum Gasteiger partial charge on any atom is 0.225 e. The Morgan fingerprint density at radius 2 is 2.20 bits per heavy atom. The number of anilines is 1. The minimum absolute atomic E-state index is 0.439. The van der Waals surface area contributed by atoms with E-state index >= 15 is 0 Å². The van der Waals surface area contributed by atoms with E-state index in [0.29, 0.717) is 19.1 Å². The molecule has 0 bridgehead atoms. The van der Waals surface area contributed by atoms with E-state index in [4.69, 9.17) is 10.5 Å². The second-order valence-corrected chi connectivity index (χ2v) is 3.42. The van der Waals surface area contributed by atoms with Gasteiger partial charge in [0.1, 0.15) is 0 Å². The molecule has 0 unspecified atom stereocenters. The second kappa shape index (κ2) is 5.63. The molecule has 0 fully saturated rings. The number of hydrogen-bond donors (Lipinski definition) is 1. The molecule has 5 heteroatoms. The zero-order chi connectivity index (χ0) is 11.3. The first kappa shape index (κ1) is 11.9. The average molecular weight is 210 g/mol. The number of nitrogens with zero attached hydrogens (tertiary/aromatic N) is 3. The van der Waals surface area contributed by atoms with E-state index in [1.807, 2.05) is 24.9 Å². The maximum atomic E-state index is 5.55. The molecule has 0 aliphatic carbocycles. The van der Waals surface area contributed by atoms with E-state index in [2.05, 4.69) is 9.97 Å². The van der Waals surface area contributed by atoms with Crippen LogP contribution in [-0.4, -0.2) is 37.3 Å². The molecule has 1 rings (SSSR count). The normalized spacial score (nSPS) is 10.4. The molecule has 1 aromatic rings. The molecule has 0 aliphatic heterocycles. The third-order valence-electron chi connectivity index (χ3n) is 2.08. The largest absolute Gasteiger partial charge is 0.383 e. The Bertz CT molecular complexity index is 316. The predicted molar refractivity (Wildman–Crippen MR) is 59.8 cm³/mol. The van der Waals surface area contributed by atoms with E-state index in [0.717, 1.165) is 17.9 Å². The summed E-state index contributed by atoms with van der Waals surface area (Å²) in [6.07, 6.45) is 0. The van der Waals surface area contributed by atoms with Gasteiger partial charge in [-0.3, -0.25) is 0 Å². The van der Waals surface area contributed by atoms with Crippen molar-refractivity contribution in [2.24, 2.45) is 5.73 Å². The number of aromatic nitrogens is 2. The number of hydrogen-bond acceptors (Lipinski definition) is 5. The monoisotopic (exact) mass is 210 g/mol. The van der Waals surface area contributed by atoms with E-state index in [1.165, 1.54) is 0 Å². The van der Waals surface area contributed by atoms with Crippen LogP contribution in [-0.2, 0) is 11.3 Å². The summed E-state index contributed by atoms with van der Waals surface area (Å²) < 4.78 is 5.00. The number of likely N-dealkylation sites (N-methyl/N-ethyl adjacent to an activating group) is 1. The molecule has 84 valence electrons. The topological polar surface area (TPSA) is 64.3 Å². The number of rotatable bonds is 5. The number of methoxy groups -OCH3 is 1. The van der Waals surface area contributed by atoms with Crippen LogP contribution in [0.25, 0.3) is 0 Å². The highest BCUT2D eigenvalue weighted by Gasteiger charge is 2.05. The lowest BCUT2D eigenvalue weighted by molar-refractivity contribution is 0.206. The lowest BCUT2D eigenvalue weighted by Gasteiger charge is -2.17. The second-order valence-electron chi connectivity index (χ2n) is 3.42. The van der Waals surface area contributed by atoms with Gasteiger partial charge in [-0.1, -0.05) is 0 Å². The van der Waals surface area contributed by atoms with Gasteiger partial charge in [-0.05, 0) is 13.0 Å². The first-order chi connectivity index (χ1) is 7.17. The molecule has 0 saturated heterocycles. The van der Waals surface area contributed by atoms with Crippen molar-refractivity contribution >= 4 is 5.95 Å². The van der Waals surface area contributed by atoms with E-state index in [1.54, 1.807) is 7.11 Å². The third-order valence-corrected chi connectivity index (χ3v) is 2.08. The van der Waals surface area contributed by atoms with Crippen LogP contribution in [0.1, 0.15) is 11.4 Å². The molecule has 0 saturated carbocycles. The fourth-order valence-corrected chi connectivity index (χ4v) is 1.22. The maximum absolute atomic E-state index is 5.55. The van der Waals surface area contributed by atoms with Gasteiger partial charge in [0, 0.05) is 32.9 Å². The molecule has 0 spiro atoms. The molecule has 1 heterocycles. The van der Waals surface area contributed by atoms with Gasteiger partial charge in [0.15, 0.2) is 0 Å². The summed E-state index contributed by atoms with van der Waals surface area (Å²) in [5, 5.41) is 0. The summed E-state index contributed by atoms with van der Waals surface area (Å²) in [6, 6.07) is 1.90. The van der Waals surface area contributed by atoms with Crippen molar-refractivity contribution in [2.75, 3.05) is 32.2 Å². The Labute approximate surface area is 90.3 Å². The summed E-state index contributed by atoms with van der Waals surface area (Å²) in [5.41, 5.74) is 7.35. The Kier molecular flexibility index (Phi) is 4.45. The van der Waals surface area contributed by atoms with Crippen molar-refractivity contribution in [3.05, 3.63) is 17.5 Å². The van der Waals surface area contributed by atoms with Crippen LogP contribution in [0.4, 0.5) is 5.95 Å². The van der Waals surface area contributed by atoms with E-state index in [-0.39, 0.29) is 0 Å². The van der Waals surface area contributed by atoms with Gasteiger partial charge in [0.25, 0.3) is 0 Å². The standard InChI is InChI=1S/C10H18N4O/c1-8-6-9(7-11)13-10(12-8)14(2)4-5-15-3/h6H,4-5,7,11H2,1-3H3. The third kappa shape index (κ3) is 3.45. The van der Waals surface area contributed by atoms with Gasteiger partial charge < -0.3 is 15.4 Å². The fraction of sp³-hybridized carbons (Fsp3) is 0.600. The highest BCUT2D eigenvalue weighted by molar-refractivity contribution is 5.30. The van der Waals surface area contributed by atoms with Crippen LogP contribution in [0.15, 0.2) is 6.07 Å². The zero-order valence-electron chi connectivity index (χ0n) is 9.53. The molecule has 1 aromatic heterocycles. The van der Waals surface area contributed by atoms with Crippen LogP contribution >= 0.6 is 0 Å². The first-order valence-electron chi connectivity index (χ1n) is 4.92. The summed E-state index contributed by atoms with van der Waals surface area (Å²) in [6.45, 7) is 3.80. The van der Waals surface area contributed by atoms with Gasteiger partial charge in [-0.2, -0.15) is 0 Å². The minimum Gasteiger partial charge on any atom is -0.383 e. The number of aryl methyl sites for hydroxylation is 1. The number of ether oxygens (including phenoxy) is 1. The lowest BCUT2D eigenvalue weighted by atomic mass is 10.3. The summed E-state index contributed by atoms with van der Waals surface area (Å²) in [4.78, 5) is 10.6. The van der Waals surface area contributed by atoms with Crippen molar-refractivity contribution in [1.29, 1.82) is 0 Å². The quantitative estimate of drug-likeness (QED) is 0.758. The van der Waals surface area contributed by atoms with E-state index < -0.39 is 0 Å². The molecule has 2 N–H and O–H groups in total. The highest BCUT2D eigenvalue weighted by atomic mass is 16.5. The summed E-state index contributed by atoms with van der Waals surface area (Å²) in [7, 11) is 3.62. The van der Waals surface area contributed by atoms with Gasteiger partial charge in [0.05, 0.1) is 12.3 Å².